The summed E-state index contributed by atoms with van der Waals surface area (Å²) in [7, 11) is 1.64. The molecule has 6 nitrogen and oxygen atoms in total. The van der Waals surface area contributed by atoms with Gasteiger partial charge in [-0.05, 0) is 35.7 Å². The van der Waals surface area contributed by atoms with Crippen LogP contribution in [0.25, 0.3) is 11.4 Å². The van der Waals surface area contributed by atoms with Crippen LogP contribution < -0.4 is 10.1 Å². The van der Waals surface area contributed by atoms with Gasteiger partial charge in [0, 0.05) is 10.0 Å². The van der Waals surface area contributed by atoms with Gasteiger partial charge in [0.2, 0.25) is 11.1 Å². The quantitative estimate of drug-likeness (QED) is 0.456. The molecule has 0 bridgehead atoms. The molecule has 0 fully saturated rings. The maximum Gasteiger partial charge on any atom is 0.230 e. The number of nitrogens with zero attached hydrogens (tertiary/aromatic N) is 2. The van der Waals surface area contributed by atoms with Crippen LogP contribution in [0, 0.1) is 5.92 Å². The number of ether oxygens (including phenoxy) is 1. The van der Waals surface area contributed by atoms with Crippen LogP contribution in [0.15, 0.2) is 58.2 Å². The van der Waals surface area contributed by atoms with Gasteiger partial charge in [0.05, 0.1) is 18.9 Å². The third-order valence-electron chi connectivity index (χ3n) is 4.37. The van der Waals surface area contributed by atoms with E-state index >= 15 is 0 Å². The summed E-state index contributed by atoms with van der Waals surface area (Å²) in [5, 5.41) is 10.8. The molecule has 0 saturated carbocycles. The van der Waals surface area contributed by atoms with Crippen LogP contribution in [0.1, 0.15) is 25.5 Å². The number of hydrogen-bond donors (Lipinski definition) is 2. The minimum absolute atomic E-state index is 0.0560. The average Bonchev–Trinajstić information content (AvgIpc) is 3.20. The second-order valence-corrected chi connectivity index (χ2v) is 8.68. The van der Waals surface area contributed by atoms with E-state index in [0.29, 0.717) is 11.0 Å². The molecule has 0 spiro atoms. The fraction of sp³-hybridized carbons (Fsp3) is 0.286. The second-order valence-electron chi connectivity index (χ2n) is 6.82. The van der Waals surface area contributed by atoms with Crippen molar-refractivity contribution in [3.8, 4) is 17.1 Å². The lowest BCUT2D eigenvalue weighted by Crippen LogP contribution is -2.33. The number of methoxy groups -OCH3 is 1. The molecule has 3 aromatic rings. The maximum absolute atomic E-state index is 12.5. The number of carbonyl (C=O) groups excluding carboxylic acids is 1. The van der Waals surface area contributed by atoms with Gasteiger partial charge in [-0.1, -0.05) is 65.8 Å². The van der Waals surface area contributed by atoms with Gasteiger partial charge >= 0.3 is 0 Å². The first-order valence-electron chi connectivity index (χ1n) is 9.20. The maximum atomic E-state index is 12.5. The Morgan fingerprint density at radius 2 is 1.86 bits per heavy atom. The van der Waals surface area contributed by atoms with E-state index in [1.807, 2.05) is 48.5 Å². The fourth-order valence-electron chi connectivity index (χ4n) is 2.84. The summed E-state index contributed by atoms with van der Waals surface area (Å²) in [6, 6.07) is 15.5. The van der Waals surface area contributed by atoms with E-state index < -0.39 is 0 Å². The first-order chi connectivity index (χ1) is 14.0. The SMILES string of the molecule is COc1ccc([C@H](NC(=O)CSc2n[nH]c(-c3ccc(Br)cc3)n2)C(C)C)cc1. The van der Waals surface area contributed by atoms with Gasteiger partial charge in [-0.2, -0.15) is 0 Å². The zero-order valence-electron chi connectivity index (χ0n) is 16.5. The predicted molar refractivity (Wildman–Crippen MR) is 119 cm³/mol. The summed E-state index contributed by atoms with van der Waals surface area (Å²) < 4.78 is 6.21. The van der Waals surface area contributed by atoms with Crippen molar-refractivity contribution in [2.45, 2.75) is 25.0 Å². The molecule has 0 aliphatic rings. The molecular weight excluding hydrogens is 452 g/mol. The standard InChI is InChI=1S/C21H23BrN4O2S/c1-13(2)19(14-6-10-17(28-3)11-7-14)23-18(27)12-29-21-24-20(25-26-21)15-4-8-16(22)9-5-15/h4-11,13,19H,12H2,1-3H3,(H,23,27)(H,24,25,26)/t19-/m1/s1. The highest BCUT2D eigenvalue weighted by atomic mass is 79.9. The van der Waals surface area contributed by atoms with Gasteiger partial charge in [0.1, 0.15) is 5.75 Å². The fourth-order valence-corrected chi connectivity index (χ4v) is 3.71. The Bertz CT molecular complexity index is 942. The Morgan fingerprint density at radius 3 is 2.48 bits per heavy atom. The molecule has 8 heteroatoms. The van der Waals surface area contributed by atoms with Crippen molar-refractivity contribution in [1.82, 2.24) is 20.5 Å². The van der Waals surface area contributed by atoms with Crippen LogP contribution >= 0.6 is 27.7 Å². The predicted octanol–water partition coefficient (Wildman–Crippen LogP) is 4.85. The van der Waals surface area contributed by atoms with Gasteiger partial charge in [-0.3, -0.25) is 9.89 Å². The third-order valence-corrected chi connectivity index (χ3v) is 5.75. The lowest BCUT2D eigenvalue weighted by molar-refractivity contribution is -0.119. The van der Waals surface area contributed by atoms with E-state index in [2.05, 4.69) is 50.3 Å². The van der Waals surface area contributed by atoms with Gasteiger partial charge in [-0.15, -0.1) is 5.10 Å². The van der Waals surface area contributed by atoms with Crippen molar-refractivity contribution >= 4 is 33.6 Å². The molecule has 1 heterocycles. The first-order valence-corrected chi connectivity index (χ1v) is 11.0. The highest BCUT2D eigenvalue weighted by Crippen LogP contribution is 2.25. The summed E-state index contributed by atoms with van der Waals surface area (Å²) >= 11 is 4.72. The molecule has 0 unspecified atom stereocenters. The molecule has 2 N–H and O–H groups in total. The average molecular weight is 475 g/mol. The van der Waals surface area contributed by atoms with Crippen molar-refractivity contribution in [2.75, 3.05) is 12.9 Å². The molecule has 0 aliphatic heterocycles. The Hall–Kier alpha value is -2.32. The van der Waals surface area contributed by atoms with Crippen LogP contribution in [0.3, 0.4) is 0 Å². The molecule has 0 aliphatic carbocycles. The molecule has 1 aromatic heterocycles. The van der Waals surface area contributed by atoms with Crippen molar-refractivity contribution in [3.63, 3.8) is 0 Å². The van der Waals surface area contributed by atoms with E-state index in [-0.39, 0.29) is 23.6 Å². The molecular formula is C21H23BrN4O2S. The lowest BCUT2D eigenvalue weighted by atomic mass is 9.96. The smallest absolute Gasteiger partial charge is 0.230 e. The van der Waals surface area contributed by atoms with E-state index in [0.717, 1.165) is 21.3 Å². The van der Waals surface area contributed by atoms with Crippen LogP contribution in [-0.2, 0) is 4.79 Å². The van der Waals surface area contributed by atoms with Gasteiger partial charge in [-0.25, -0.2) is 4.98 Å². The number of hydrogen-bond acceptors (Lipinski definition) is 5. The molecule has 1 amide bonds. The lowest BCUT2D eigenvalue weighted by Gasteiger charge is -2.23. The monoisotopic (exact) mass is 474 g/mol. The highest BCUT2D eigenvalue weighted by Gasteiger charge is 2.19. The molecule has 0 radical (unpaired) electrons. The number of aromatic nitrogens is 3. The molecule has 152 valence electrons. The number of thioether (sulfide) groups is 1. The third kappa shape index (κ3) is 5.83. The van der Waals surface area contributed by atoms with E-state index in [1.165, 1.54) is 11.8 Å². The van der Waals surface area contributed by atoms with Gasteiger partial charge in [0.15, 0.2) is 5.82 Å². The van der Waals surface area contributed by atoms with Crippen molar-refractivity contribution in [1.29, 1.82) is 0 Å². The van der Waals surface area contributed by atoms with Crippen LogP contribution in [-0.4, -0.2) is 34.0 Å². The Kier molecular flexibility index (Phi) is 7.33. The van der Waals surface area contributed by atoms with E-state index in [9.17, 15) is 4.79 Å². The summed E-state index contributed by atoms with van der Waals surface area (Å²) in [5.74, 6) is 1.92. The largest absolute Gasteiger partial charge is 0.497 e. The normalized spacial score (nSPS) is 12.0. The van der Waals surface area contributed by atoms with Gasteiger partial charge in [0.25, 0.3) is 0 Å². The number of H-pyrrole nitrogens is 1. The summed E-state index contributed by atoms with van der Waals surface area (Å²) in [4.78, 5) is 17.0. The number of rotatable bonds is 8. The molecule has 1 atom stereocenters. The molecule has 2 aromatic carbocycles. The first kappa shape index (κ1) is 21.4. The van der Waals surface area contributed by atoms with Gasteiger partial charge < -0.3 is 10.1 Å². The van der Waals surface area contributed by atoms with Crippen LogP contribution in [0.5, 0.6) is 5.75 Å². The Morgan fingerprint density at radius 1 is 1.17 bits per heavy atom. The second kappa shape index (κ2) is 9.93. The topological polar surface area (TPSA) is 79.9 Å². The molecule has 0 saturated heterocycles. The molecule has 3 rings (SSSR count). The number of halogens is 1. The minimum atomic E-state index is -0.0699. The van der Waals surface area contributed by atoms with Crippen molar-refractivity contribution in [3.05, 3.63) is 58.6 Å². The summed E-state index contributed by atoms with van der Waals surface area (Å²) in [5.41, 5.74) is 1.99. The Balaban J connectivity index is 1.58. The number of benzene rings is 2. The van der Waals surface area contributed by atoms with Crippen molar-refractivity contribution < 1.29 is 9.53 Å². The van der Waals surface area contributed by atoms with E-state index in [1.54, 1.807) is 7.11 Å². The Labute approximate surface area is 183 Å². The number of nitrogens with one attached hydrogen (secondary N) is 2. The molecule has 29 heavy (non-hydrogen) atoms. The summed E-state index contributed by atoms with van der Waals surface area (Å²) in [6.45, 7) is 4.17. The van der Waals surface area contributed by atoms with Crippen LogP contribution in [0.4, 0.5) is 0 Å². The number of carbonyl (C=O) groups is 1. The summed E-state index contributed by atoms with van der Waals surface area (Å²) in [6.07, 6.45) is 0. The highest BCUT2D eigenvalue weighted by molar-refractivity contribution is 9.10. The zero-order valence-corrected chi connectivity index (χ0v) is 18.9. The minimum Gasteiger partial charge on any atom is -0.497 e. The van der Waals surface area contributed by atoms with Crippen molar-refractivity contribution in [2.24, 2.45) is 5.92 Å². The zero-order chi connectivity index (χ0) is 20.8. The number of aromatic amines is 1. The van der Waals surface area contributed by atoms with E-state index in [4.69, 9.17) is 4.74 Å². The van der Waals surface area contributed by atoms with Crippen LogP contribution in [0.2, 0.25) is 0 Å². The number of amides is 1.